The fourth-order valence-corrected chi connectivity index (χ4v) is 1.74. The molecule has 2 N–H and O–H groups in total. The minimum atomic E-state index is -0.968. The molecule has 0 amide bonds. The van der Waals surface area contributed by atoms with Crippen molar-refractivity contribution in [1.82, 2.24) is 5.32 Å². The van der Waals surface area contributed by atoms with Gasteiger partial charge in [0.1, 0.15) is 5.54 Å². The van der Waals surface area contributed by atoms with Gasteiger partial charge in [-0.05, 0) is 37.8 Å². The first-order valence-electron chi connectivity index (χ1n) is 5.67. The Morgan fingerprint density at radius 1 is 1.44 bits per heavy atom. The van der Waals surface area contributed by atoms with Crippen LogP contribution in [0.4, 0.5) is 0 Å². The lowest BCUT2D eigenvalue weighted by atomic mass is 9.92. The van der Waals surface area contributed by atoms with Crippen LogP contribution in [0.15, 0.2) is 30.3 Å². The zero-order chi connectivity index (χ0) is 11.6. The monoisotopic (exact) mass is 219 g/mol. The van der Waals surface area contributed by atoms with Crippen LogP contribution in [-0.2, 0) is 10.3 Å². The Hall–Kier alpha value is -1.35. The molecule has 0 heterocycles. The first-order chi connectivity index (χ1) is 7.63. The molecule has 1 fully saturated rings. The second-order valence-electron chi connectivity index (χ2n) is 4.62. The van der Waals surface area contributed by atoms with E-state index in [1.54, 1.807) is 6.92 Å². The standard InChI is InChI=1S/C13H17NO2/c1-13(12(15)16,14-9-10-7-8-10)11-5-3-2-4-6-11/h2-6,10,14H,7-9H2,1H3,(H,15,16). The van der Waals surface area contributed by atoms with E-state index >= 15 is 0 Å². The largest absolute Gasteiger partial charge is 0.480 e. The average Bonchev–Trinajstić information content (AvgIpc) is 3.10. The van der Waals surface area contributed by atoms with Gasteiger partial charge >= 0.3 is 5.97 Å². The molecule has 0 radical (unpaired) electrons. The summed E-state index contributed by atoms with van der Waals surface area (Å²) in [6.45, 7) is 2.52. The van der Waals surface area contributed by atoms with E-state index < -0.39 is 11.5 Å². The van der Waals surface area contributed by atoms with Crippen LogP contribution in [-0.4, -0.2) is 17.6 Å². The molecule has 2 rings (SSSR count). The highest BCUT2D eigenvalue weighted by Crippen LogP contribution is 2.30. The Morgan fingerprint density at radius 2 is 2.06 bits per heavy atom. The highest BCUT2D eigenvalue weighted by Gasteiger charge is 2.36. The molecule has 0 spiro atoms. The van der Waals surface area contributed by atoms with Crippen LogP contribution < -0.4 is 5.32 Å². The molecule has 0 bridgehead atoms. The maximum atomic E-state index is 11.4. The summed E-state index contributed by atoms with van der Waals surface area (Å²) >= 11 is 0. The van der Waals surface area contributed by atoms with Crippen molar-refractivity contribution in [2.24, 2.45) is 5.92 Å². The van der Waals surface area contributed by atoms with Gasteiger partial charge in [-0.15, -0.1) is 0 Å². The Bertz CT molecular complexity index is 373. The zero-order valence-electron chi connectivity index (χ0n) is 9.44. The van der Waals surface area contributed by atoms with Crippen molar-refractivity contribution in [3.63, 3.8) is 0 Å². The third kappa shape index (κ3) is 2.25. The van der Waals surface area contributed by atoms with Gasteiger partial charge in [0.2, 0.25) is 0 Å². The van der Waals surface area contributed by atoms with Crippen molar-refractivity contribution in [3.8, 4) is 0 Å². The van der Waals surface area contributed by atoms with E-state index in [0.29, 0.717) is 5.92 Å². The number of carbonyl (C=O) groups is 1. The third-order valence-electron chi connectivity index (χ3n) is 3.22. The Kier molecular flexibility index (Phi) is 2.97. The number of carboxylic acid groups (broad SMARTS) is 1. The second kappa shape index (κ2) is 4.26. The molecule has 1 unspecified atom stereocenters. The van der Waals surface area contributed by atoms with E-state index in [9.17, 15) is 9.90 Å². The maximum Gasteiger partial charge on any atom is 0.328 e. The second-order valence-corrected chi connectivity index (χ2v) is 4.62. The number of hydrogen-bond acceptors (Lipinski definition) is 2. The van der Waals surface area contributed by atoms with Crippen molar-refractivity contribution in [2.45, 2.75) is 25.3 Å². The van der Waals surface area contributed by atoms with Crippen molar-refractivity contribution in [2.75, 3.05) is 6.54 Å². The number of carboxylic acids is 1. The minimum Gasteiger partial charge on any atom is -0.480 e. The third-order valence-corrected chi connectivity index (χ3v) is 3.22. The van der Waals surface area contributed by atoms with Crippen molar-refractivity contribution in [3.05, 3.63) is 35.9 Å². The summed E-state index contributed by atoms with van der Waals surface area (Å²) in [6, 6.07) is 9.35. The summed E-state index contributed by atoms with van der Waals surface area (Å²) in [5.74, 6) is -0.151. The van der Waals surface area contributed by atoms with Gasteiger partial charge in [0, 0.05) is 0 Å². The molecular weight excluding hydrogens is 202 g/mol. The van der Waals surface area contributed by atoms with Gasteiger partial charge in [-0.2, -0.15) is 0 Å². The molecule has 0 aromatic heterocycles. The molecule has 0 saturated heterocycles. The van der Waals surface area contributed by atoms with E-state index in [2.05, 4.69) is 5.32 Å². The quantitative estimate of drug-likeness (QED) is 0.796. The fourth-order valence-electron chi connectivity index (χ4n) is 1.74. The average molecular weight is 219 g/mol. The highest BCUT2D eigenvalue weighted by atomic mass is 16.4. The number of hydrogen-bond donors (Lipinski definition) is 2. The van der Waals surface area contributed by atoms with Crippen LogP contribution in [0.5, 0.6) is 0 Å². The lowest BCUT2D eigenvalue weighted by Crippen LogP contribution is -2.47. The topological polar surface area (TPSA) is 49.3 Å². The number of nitrogens with one attached hydrogen (secondary N) is 1. The van der Waals surface area contributed by atoms with Gasteiger partial charge in [0.05, 0.1) is 0 Å². The van der Waals surface area contributed by atoms with Crippen molar-refractivity contribution >= 4 is 5.97 Å². The van der Waals surface area contributed by atoms with Gasteiger partial charge in [0.15, 0.2) is 0 Å². The SMILES string of the molecule is CC(NCC1CC1)(C(=O)O)c1ccccc1. The molecule has 1 aliphatic carbocycles. The molecule has 0 aliphatic heterocycles. The lowest BCUT2D eigenvalue weighted by molar-refractivity contribution is -0.144. The molecule has 1 saturated carbocycles. The Morgan fingerprint density at radius 3 is 2.56 bits per heavy atom. The summed E-state index contributed by atoms with van der Waals surface area (Å²) in [5, 5.41) is 12.5. The summed E-state index contributed by atoms with van der Waals surface area (Å²) in [5.41, 5.74) is -0.160. The van der Waals surface area contributed by atoms with Crippen molar-refractivity contribution < 1.29 is 9.90 Å². The van der Waals surface area contributed by atoms with Gasteiger partial charge in [-0.3, -0.25) is 5.32 Å². The highest BCUT2D eigenvalue weighted by molar-refractivity contribution is 5.80. The van der Waals surface area contributed by atoms with Crippen LogP contribution in [0.1, 0.15) is 25.3 Å². The summed E-state index contributed by atoms with van der Waals surface area (Å²) < 4.78 is 0. The molecular formula is C13H17NO2. The maximum absolute atomic E-state index is 11.4. The first kappa shape index (κ1) is 11.1. The van der Waals surface area contributed by atoms with E-state index in [-0.39, 0.29) is 0 Å². The Labute approximate surface area is 95.5 Å². The molecule has 1 atom stereocenters. The smallest absolute Gasteiger partial charge is 0.328 e. The van der Waals surface area contributed by atoms with Gasteiger partial charge < -0.3 is 5.11 Å². The summed E-state index contributed by atoms with van der Waals surface area (Å²) in [7, 11) is 0. The van der Waals surface area contributed by atoms with Crippen LogP contribution >= 0.6 is 0 Å². The molecule has 86 valence electrons. The minimum absolute atomic E-state index is 0.669. The molecule has 1 aliphatic rings. The lowest BCUT2D eigenvalue weighted by Gasteiger charge is -2.27. The summed E-state index contributed by atoms with van der Waals surface area (Å²) in [6.07, 6.45) is 2.44. The van der Waals surface area contributed by atoms with E-state index in [4.69, 9.17) is 0 Å². The number of rotatable bonds is 5. The van der Waals surface area contributed by atoms with E-state index in [0.717, 1.165) is 12.1 Å². The fraction of sp³-hybridized carbons (Fsp3) is 0.462. The molecule has 16 heavy (non-hydrogen) atoms. The predicted octanol–water partition coefficient (Wildman–Crippen LogP) is 1.99. The molecule has 3 nitrogen and oxygen atoms in total. The van der Waals surface area contributed by atoms with Crippen molar-refractivity contribution in [1.29, 1.82) is 0 Å². The summed E-state index contributed by atoms with van der Waals surface area (Å²) in [4.78, 5) is 11.4. The van der Waals surface area contributed by atoms with E-state index in [1.165, 1.54) is 12.8 Å². The first-order valence-corrected chi connectivity index (χ1v) is 5.67. The molecule has 1 aromatic carbocycles. The predicted molar refractivity (Wildman–Crippen MR) is 62.2 cm³/mol. The zero-order valence-corrected chi connectivity index (χ0v) is 9.44. The van der Waals surface area contributed by atoms with Crippen LogP contribution in [0.2, 0.25) is 0 Å². The molecule has 3 heteroatoms. The molecule has 1 aromatic rings. The van der Waals surface area contributed by atoms with E-state index in [1.807, 2.05) is 30.3 Å². The normalized spacial score (nSPS) is 19.1. The van der Waals surface area contributed by atoms with Gasteiger partial charge in [-0.25, -0.2) is 4.79 Å². The number of aliphatic carboxylic acids is 1. The number of benzene rings is 1. The van der Waals surface area contributed by atoms with Crippen LogP contribution in [0.3, 0.4) is 0 Å². The van der Waals surface area contributed by atoms with Crippen LogP contribution in [0.25, 0.3) is 0 Å². The van der Waals surface area contributed by atoms with Gasteiger partial charge in [0.25, 0.3) is 0 Å². The van der Waals surface area contributed by atoms with Crippen LogP contribution in [0, 0.1) is 5.92 Å². The Balaban J connectivity index is 2.16. The van der Waals surface area contributed by atoms with Gasteiger partial charge in [-0.1, -0.05) is 30.3 Å².